The van der Waals surface area contributed by atoms with Gasteiger partial charge in [-0.1, -0.05) is 52.8 Å². The molecular weight excluding hydrogens is 860 g/mol. The molecule has 3 aromatic heterocycles. The maximum Gasteiger partial charge on any atom is 0.262 e. The maximum atomic E-state index is 16.3. The van der Waals surface area contributed by atoms with Gasteiger partial charge in [-0.3, -0.25) is 4.98 Å². The number of phenolic OH excluding ortho intramolecular Hbond substituents is 5. The molecule has 6 aromatic carbocycles. The van der Waals surface area contributed by atoms with Crippen LogP contribution in [-0.4, -0.2) is 47.2 Å². The SMILES string of the molecule is CC(C)c1c(O)cc(-c2cc[n+](-c3c(F)c(O)nc4c(-c5cc(O)c(C(C)COc6cc(-c7cc(F)c8ncccc8c7)cc(O)c6C(C)C)c(O)c5)cccc34)c3ccc(F)cc23)cc1O. The van der Waals surface area contributed by atoms with E-state index >= 15 is 8.78 Å². The molecule has 1 atom stereocenters. The zero-order valence-electron chi connectivity index (χ0n) is 37.0. The molecule has 9 rings (SSSR count). The normalized spacial score (nSPS) is 12.2. The van der Waals surface area contributed by atoms with Crippen LogP contribution in [-0.2, 0) is 0 Å². The molecule has 10 nitrogen and oxygen atoms in total. The Morgan fingerprint density at radius 1 is 0.582 bits per heavy atom. The fourth-order valence-corrected chi connectivity index (χ4v) is 9.15. The molecule has 0 spiro atoms. The number of aromatic nitrogens is 3. The van der Waals surface area contributed by atoms with Crippen molar-refractivity contribution in [2.24, 2.45) is 0 Å². The van der Waals surface area contributed by atoms with Crippen LogP contribution >= 0.6 is 0 Å². The van der Waals surface area contributed by atoms with Gasteiger partial charge in [0.1, 0.15) is 51.6 Å². The summed E-state index contributed by atoms with van der Waals surface area (Å²) in [6, 6.07) is 26.1. The smallest absolute Gasteiger partial charge is 0.262 e. The Labute approximate surface area is 382 Å². The number of ether oxygens (including phenoxy) is 1. The van der Waals surface area contributed by atoms with E-state index in [1.54, 1.807) is 61.5 Å². The number of pyridine rings is 3. The van der Waals surface area contributed by atoms with Crippen molar-refractivity contribution in [1.29, 1.82) is 0 Å². The molecule has 67 heavy (non-hydrogen) atoms. The minimum absolute atomic E-state index is 0.0400. The van der Waals surface area contributed by atoms with Crippen LogP contribution in [0.4, 0.5) is 13.2 Å². The van der Waals surface area contributed by atoms with Crippen molar-refractivity contribution in [1.82, 2.24) is 9.97 Å². The molecule has 0 radical (unpaired) electrons. The van der Waals surface area contributed by atoms with E-state index < -0.39 is 29.2 Å². The lowest BCUT2D eigenvalue weighted by Gasteiger charge is -2.21. The summed E-state index contributed by atoms with van der Waals surface area (Å²) in [6.45, 7) is 9.14. The van der Waals surface area contributed by atoms with Gasteiger partial charge in [-0.2, -0.15) is 8.96 Å². The average molecular weight is 905 g/mol. The van der Waals surface area contributed by atoms with E-state index in [0.717, 1.165) is 0 Å². The number of halogens is 3. The number of hydrogen-bond donors (Lipinski definition) is 6. The summed E-state index contributed by atoms with van der Waals surface area (Å²) in [4.78, 5) is 8.35. The standard InChI is InChI=1S/C54H44F3N3O7/c1-26(2)47-41(61)19-32(20-42(47)62)35-13-15-60(40-12-11-34(55)24-38(35)40)53-37-10-6-9-36(52(37)59-54(66)50(53)57)33-21-44(64)49(45(65)22-33)28(5)25-67-46-23-31(18-43(63)48(46)27(3)4)30-16-29-8-7-14-58-51(29)39(56)17-30/h6-24,26-28H,25H2,1-5H3,(H5-,59,61,62,63,64,65,66)/p+1. The first-order valence-corrected chi connectivity index (χ1v) is 21.6. The lowest BCUT2D eigenvalue weighted by atomic mass is 9.93. The third-order valence-corrected chi connectivity index (χ3v) is 12.2. The van der Waals surface area contributed by atoms with E-state index in [9.17, 15) is 35.0 Å². The molecule has 3 heterocycles. The molecule has 1 unspecified atom stereocenters. The van der Waals surface area contributed by atoms with Crippen LogP contribution in [0, 0.1) is 17.5 Å². The Hall–Kier alpha value is -8.06. The minimum Gasteiger partial charge on any atom is -0.507 e. The van der Waals surface area contributed by atoms with E-state index in [-0.39, 0.29) is 80.4 Å². The number of aromatic hydroxyl groups is 6. The largest absolute Gasteiger partial charge is 0.507 e. The average Bonchev–Trinajstić information content (AvgIpc) is 3.27. The Bertz CT molecular complexity index is 3420. The molecule has 6 N–H and O–H groups in total. The first-order chi connectivity index (χ1) is 32.0. The van der Waals surface area contributed by atoms with Crippen LogP contribution < -0.4 is 9.30 Å². The Morgan fingerprint density at radius 2 is 1.21 bits per heavy atom. The Kier molecular flexibility index (Phi) is 11.2. The summed E-state index contributed by atoms with van der Waals surface area (Å²) in [5, 5.41) is 68.1. The molecule has 0 aliphatic carbocycles. The highest BCUT2D eigenvalue weighted by Gasteiger charge is 2.29. The number of hydrogen-bond acceptors (Lipinski definition) is 9. The molecule has 338 valence electrons. The summed E-state index contributed by atoms with van der Waals surface area (Å²) in [6.07, 6.45) is 3.04. The van der Waals surface area contributed by atoms with Gasteiger partial charge in [0.2, 0.25) is 5.52 Å². The van der Waals surface area contributed by atoms with Crippen LogP contribution in [0.2, 0.25) is 0 Å². The number of fused-ring (bicyclic) bond motifs is 3. The maximum absolute atomic E-state index is 16.3. The van der Waals surface area contributed by atoms with Crippen molar-refractivity contribution in [3.63, 3.8) is 0 Å². The van der Waals surface area contributed by atoms with Gasteiger partial charge in [-0.05, 0) is 107 Å². The number of nitrogens with zero attached hydrogens (tertiary/aromatic N) is 3. The summed E-state index contributed by atoms with van der Waals surface area (Å²) >= 11 is 0. The second kappa shape index (κ2) is 17.1. The van der Waals surface area contributed by atoms with Gasteiger partial charge in [-0.25, -0.2) is 13.8 Å². The summed E-state index contributed by atoms with van der Waals surface area (Å²) < 4.78 is 54.2. The van der Waals surface area contributed by atoms with Gasteiger partial charge in [0.25, 0.3) is 17.4 Å². The first kappa shape index (κ1) is 44.2. The summed E-state index contributed by atoms with van der Waals surface area (Å²) in [5.41, 5.74) is 4.04. The van der Waals surface area contributed by atoms with Crippen LogP contribution in [0.5, 0.6) is 40.4 Å². The van der Waals surface area contributed by atoms with Gasteiger partial charge < -0.3 is 35.4 Å². The van der Waals surface area contributed by atoms with Gasteiger partial charge in [-0.15, -0.1) is 0 Å². The zero-order chi connectivity index (χ0) is 47.6. The lowest BCUT2D eigenvalue weighted by molar-refractivity contribution is -0.567. The van der Waals surface area contributed by atoms with Crippen LogP contribution in [0.15, 0.2) is 116 Å². The van der Waals surface area contributed by atoms with Crippen LogP contribution in [0.1, 0.15) is 69.1 Å². The minimum atomic E-state index is -1.07. The Balaban J connectivity index is 1.07. The molecule has 0 fully saturated rings. The predicted molar refractivity (Wildman–Crippen MR) is 251 cm³/mol. The van der Waals surface area contributed by atoms with Crippen molar-refractivity contribution in [2.75, 3.05) is 6.61 Å². The second-order valence-electron chi connectivity index (χ2n) is 17.4. The molecule has 13 heteroatoms. The van der Waals surface area contributed by atoms with Crippen LogP contribution in [0.3, 0.4) is 0 Å². The Morgan fingerprint density at radius 3 is 1.90 bits per heavy atom. The predicted octanol–water partition coefficient (Wildman–Crippen LogP) is 12.3. The third-order valence-electron chi connectivity index (χ3n) is 12.2. The topological polar surface area (TPSA) is 160 Å². The van der Waals surface area contributed by atoms with E-state index in [4.69, 9.17) is 4.74 Å². The monoisotopic (exact) mass is 904 g/mol. The van der Waals surface area contributed by atoms with Crippen molar-refractivity contribution in [3.05, 3.63) is 150 Å². The molecule has 0 saturated heterocycles. The number of phenols is 5. The molecule has 0 bridgehead atoms. The quantitative estimate of drug-likeness (QED) is 0.0734. The lowest BCUT2D eigenvalue weighted by Crippen LogP contribution is -2.33. The van der Waals surface area contributed by atoms with E-state index in [2.05, 4.69) is 9.97 Å². The van der Waals surface area contributed by atoms with Crippen molar-refractivity contribution >= 4 is 32.7 Å². The number of para-hydroxylation sites is 1. The van der Waals surface area contributed by atoms with Crippen molar-refractivity contribution in [2.45, 2.75) is 52.4 Å². The summed E-state index contributed by atoms with van der Waals surface area (Å²) in [5.74, 6) is -4.61. The fraction of sp³-hybridized carbons (Fsp3) is 0.167. The van der Waals surface area contributed by atoms with E-state index in [1.807, 2.05) is 27.7 Å². The molecular formula is C54H45F3N3O7+. The fourth-order valence-electron chi connectivity index (χ4n) is 9.15. The van der Waals surface area contributed by atoms with Crippen molar-refractivity contribution in [3.8, 4) is 79.4 Å². The molecule has 0 saturated carbocycles. The second-order valence-corrected chi connectivity index (χ2v) is 17.4. The van der Waals surface area contributed by atoms with E-state index in [0.29, 0.717) is 61.0 Å². The highest BCUT2D eigenvalue weighted by Crippen LogP contribution is 2.45. The van der Waals surface area contributed by atoms with Crippen LogP contribution in [0.25, 0.3) is 71.8 Å². The molecule has 0 aliphatic heterocycles. The first-order valence-electron chi connectivity index (χ1n) is 21.6. The highest BCUT2D eigenvalue weighted by molar-refractivity contribution is 5.99. The van der Waals surface area contributed by atoms with Gasteiger partial charge in [0, 0.05) is 57.5 Å². The van der Waals surface area contributed by atoms with Gasteiger partial charge >= 0.3 is 0 Å². The molecule has 0 aliphatic rings. The molecule has 0 amide bonds. The van der Waals surface area contributed by atoms with Gasteiger partial charge in [0.15, 0.2) is 6.20 Å². The number of rotatable bonds is 10. The summed E-state index contributed by atoms with van der Waals surface area (Å²) in [7, 11) is 0. The highest BCUT2D eigenvalue weighted by atomic mass is 19.1. The van der Waals surface area contributed by atoms with E-state index in [1.165, 1.54) is 65.5 Å². The third kappa shape index (κ3) is 7.85. The van der Waals surface area contributed by atoms with Crippen molar-refractivity contribution < 1.29 is 53.1 Å². The number of benzene rings is 6. The zero-order valence-corrected chi connectivity index (χ0v) is 37.0. The van der Waals surface area contributed by atoms with Gasteiger partial charge in [0.05, 0.1) is 22.9 Å². The molecule has 9 aromatic rings.